The van der Waals surface area contributed by atoms with Crippen LogP contribution in [0.1, 0.15) is 24.8 Å². The van der Waals surface area contributed by atoms with Gasteiger partial charge in [-0.2, -0.15) is 0 Å². The molecule has 2 aromatic carbocycles. The van der Waals surface area contributed by atoms with E-state index in [9.17, 15) is 4.79 Å². The van der Waals surface area contributed by atoms with Crippen LogP contribution >= 0.6 is 0 Å². The monoisotopic (exact) mass is 310 g/mol. The molecule has 1 saturated heterocycles. The smallest absolute Gasteiger partial charge is 0.237 e. The van der Waals surface area contributed by atoms with Crippen molar-refractivity contribution in [1.82, 2.24) is 10.6 Å². The molecule has 120 valence electrons. The summed E-state index contributed by atoms with van der Waals surface area (Å²) in [7, 11) is 0. The molecule has 0 aliphatic carbocycles. The Morgan fingerprint density at radius 1 is 1.09 bits per heavy atom. The number of hydrogen-bond acceptors (Lipinski definition) is 3. The fourth-order valence-corrected chi connectivity index (χ4v) is 2.75. The van der Waals surface area contributed by atoms with Crippen molar-refractivity contribution in [2.75, 3.05) is 6.54 Å². The number of para-hydroxylation sites is 2. The summed E-state index contributed by atoms with van der Waals surface area (Å²) >= 11 is 0. The quantitative estimate of drug-likeness (QED) is 0.891. The first-order valence-corrected chi connectivity index (χ1v) is 8.15. The van der Waals surface area contributed by atoms with Crippen LogP contribution in [0.3, 0.4) is 0 Å². The number of hydrogen-bond donors (Lipinski definition) is 2. The Morgan fingerprint density at radius 3 is 2.65 bits per heavy atom. The zero-order chi connectivity index (χ0) is 15.9. The van der Waals surface area contributed by atoms with E-state index >= 15 is 0 Å². The molecule has 3 rings (SSSR count). The van der Waals surface area contributed by atoms with Gasteiger partial charge in [-0.05, 0) is 37.6 Å². The van der Waals surface area contributed by atoms with Crippen molar-refractivity contribution in [2.45, 2.75) is 31.8 Å². The predicted octanol–water partition coefficient (Wildman–Crippen LogP) is 3.24. The standard InChI is InChI=1S/C19H22N2O2/c22-19(17-11-6-7-13-20-17)21-14-15-8-4-5-12-18(15)23-16-9-2-1-3-10-16/h1-5,8-10,12,17,20H,6-7,11,13-14H2,(H,21,22). The van der Waals surface area contributed by atoms with Gasteiger partial charge in [-0.25, -0.2) is 0 Å². The SMILES string of the molecule is O=C(NCc1ccccc1Oc1ccccc1)C1CCCCN1. The highest BCUT2D eigenvalue weighted by molar-refractivity contribution is 5.81. The summed E-state index contributed by atoms with van der Waals surface area (Å²) in [6.07, 6.45) is 3.17. The first kappa shape index (κ1) is 15.6. The van der Waals surface area contributed by atoms with E-state index in [1.807, 2.05) is 54.6 Å². The molecule has 1 aliphatic heterocycles. The molecule has 23 heavy (non-hydrogen) atoms. The van der Waals surface area contributed by atoms with Crippen LogP contribution in [0, 0.1) is 0 Å². The van der Waals surface area contributed by atoms with Crippen LogP contribution in [-0.2, 0) is 11.3 Å². The average molecular weight is 310 g/mol. The van der Waals surface area contributed by atoms with Crippen molar-refractivity contribution in [3.05, 3.63) is 60.2 Å². The average Bonchev–Trinajstić information content (AvgIpc) is 2.62. The van der Waals surface area contributed by atoms with Crippen LogP contribution in [-0.4, -0.2) is 18.5 Å². The van der Waals surface area contributed by atoms with Crippen molar-refractivity contribution >= 4 is 5.91 Å². The molecule has 0 spiro atoms. The van der Waals surface area contributed by atoms with Crippen LogP contribution in [0.25, 0.3) is 0 Å². The third-order valence-electron chi connectivity index (χ3n) is 4.02. The number of rotatable bonds is 5. The van der Waals surface area contributed by atoms with Gasteiger partial charge in [-0.15, -0.1) is 0 Å². The molecule has 0 bridgehead atoms. The van der Waals surface area contributed by atoms with Gasteiger partial charge in [0.25, 0.3) is 0 Å². The van der Waals surface area contributed by atoms with Crippen LogP contribution in [0.4, 0.5) is 0 Å². The van der Waals surface area contributed by atoms with Gasteiger partial charge in [0, 0.05) is 12.1 Å². The second-order valence-corrected chi connectivity index (χ2v) is 5.74. The molecule has 1 heterocycles. The maximum atomic E-state index is 12.2. The van der Waals surface area contributed by atoms with E-state index in [1.54, 1.807) is 0 Å². The first-order valence-electron chi connectivity index (χ1n) is 8.15. The lowest BCUT2D eigenvalue weighted by molar-refractivity contribution is -0.123. The van der Waals surface area contributed by atoms with Gasteiger partial charge in [-0.1, -0.05) is 42.8 Å². The summed E-state index contributed by atoms with van der Waals surface area (Å²) in [6.45, 7) is 1.39. The molecule has 4 nitrogen and oxygen atoms in total. The zero-order valence-electron chi connectivity index (χ0n) is 13.1. The highest BCUT2D eigenvalue weighted by atomic mass is 16.5. The molecule has 0 aromatic heterocycles. The predicted molar refractivity (Wildman–Crippen MR) is 90.4 cm³/mol. The lowest BCUT2D eigenvalue weighted by Gasteiger charge is -2.22. The molecule has 2 aromatic rings. The van der Waals surface area contributed by atoms with Gasteiger partial charge in [0.1, 0.15) is 11.5 Å². The Labute approximate surface area is 136 Å². The number of amides is 1. The Morgan fingerprint density at radius 2 is 1.87 bits per heavy atom. The summed E-state index contributed by atoms with van der Waals surface area (Å²) in [5.74, 6) is 1.63. The highest BCUT2D eigenvalue weighted by Gasteiger charge is 2.20. The number of ether oxygens (including phenoxy) is 1. The molecule has 1 unspecified atom stereocenters. The Kier molecular flexibility index (Phi) is 5.27. The Bertz CT molecular complexity index is 637. The van der Waals surface area contributed by atoms with Crippen LogP contribution < -0.4 is 15.4 Å². The van der Waals surface area contributed by atoms with Gasteiger partial charge in [-0.3, -0.25) is 4.79 Å². The number of carbonyl (C=O) groups excluding carboxylic acids is 1. The number of benzene rings is 2. The summed E-state index contributed by atoms with van der Waals surface area (Å²) < 4.78 is 5.92. The maximum absolute atomic E-state index is 12.2. The zero-order valence-corrected chi connectivity index (χ0v) is 13.1. The van der Waals surface area contributed by atoms with E-state index in [4.69, 9.17) is 4.74 Å². The van der Waals surface area contributed by atoms with E-state index in [0.29, 0.717) is 6.54 Å². The highest BCUT2D eigenvalue weighted by Crippen LogP contribution is 2.24. The molecular weight excluding hydrogens is 288 g/mol. The van der Waals surface area contributed by atoms with Crippen molar-refractivity contribution < 1.29 is 9.53 Å². The number of carbonyl (C=O) groups is 1. The minimum absolute atomic E-state index is 0.0639. The van der Waals surface area contributed by atoms with Gasteiger partial charge in [0.15, 0.2) is 0 Å². The Balaban J connectivity index is 1.62. The second kappa shape index (κ2) is 7.79. The molecular formula is C19H22N2O2. The summed E-state index contributed by atoms with van der Waals surface area (Å²) in [5.41, 5.74) is 0.973. The topological polar surface area (TPSA) is 50.4 Å². The molecule has 0 saturated carbocycles. The fourth-order valence-electron chi connectivity index (χ4n) is 2.75. The second-order valence-electron chi connectivity index (χ2n) is 5.74. The lowest BCUT2D eigenvalue weighted by Crippen LogP contribution is -2.46. The lowest BCUT2D eigenvalue weighted by atomic mass is 10.0. The number of nitrogens with one attached hydrogen (secondary N) is 2. The third kappa shape index (κ3) is 4.33. The van der Waals surface area contributed by atoms with E-state index in [-0.39, 0.29) is 11.9 Å². The third-order valence-corrected chi connectivity index (χ3v) is 4.02. The van der Waals surface area contributed by atoms with Crippen molar-refractivity contribution in [3.63, 3.8) is 0 Å². The van der Waals surface area contributed by atoms with Crippen molar-refractivity contribution in [1.29, 1.82) is 0 Å². The summed E-state index contributed by atoms with van der Waals surface area (Å²) in [4.78, 5) is 12.2. The van der Waals surface area contributed by atoms with Crippen LogP contribution in [0.15, 0.2) is 54.6 Å². The maximum Gasteiger partial charge on any atom is 0.237 e. The Hall–Kier alpha value is -2.33. The minimum Gasteiger partial charge on any atom is -0.457 e. The van der Waals surface area contributed by atoms with E-state index < -0.39 is 0 Å². The first-order chi connectivity index (χ1) is 11.3. The summed E-state index contributed by atoms with van der Waals surface area (Å²) in [5, 5.41) is 6.28. The van der Waals surface area contributed by atoms with E-state index in [1.165, 1.54) is 0 Å². The van der Waals surface area contributed by atoms with Gasteiger partial charge >= 0.3 is 0 Å². The molecule has 1 aliphatic rings. The molecule has 0 radical (unpaired) electrons. The summed E-state index contributed by atoms with van der Waals surface area (Å²) in [6, 6.07) is 17.4. The fraction of sp³-hybridized carbons (Fsp3) is 0.316. The molecule has 1 atom stereocenters. The van der Waals surface area contributed by atoms with Crippen molar-refractivity contribution in [3.8, 4) is 11.5 Å². The van der Waals surface area contributed by atoms with Crippen LogP contribution in [0.2, 0.25) is 0 Å². The van der Waals surface area contributed by atoms with Gasteiger partial charge in [0.05, 0.1) is 6.04 Å². The largest absolute Gasteiger partial charge is 0.457 e. The minimum atomic E-state index is -0.0639. The molecule has 1 amide bonds. The molecule has 2 N–H and O–H groups in total. The normalized spacial score (nSPS) is 17.5. The molecule has 4 heteroatoms. The number of piperidine rings is 1. The van der Waals surface area contributed by atoms with E-state index in [2.05, 4.69) is 10.6 Å². The molecule has 1 fully saturated rings. The van der Waals surface area contributed by atoms with Crippen molar-refractivity contribution in [2.24, 2.45) is 0 Å². The van der Waals surface area contributed by atoms with Gasteiger partial charge < -0.3 is 15.4 Å². The van der Waals surface area contributed by atoms with Crippen LogP contribution in [0.5, 0.6) is 11.5 Å². The van der Waals surface area contributed by atoms with E-state index in [0.717, 1.165) is 42.9 Å². The van der Waals surface area contributed by atoms with Gasteiger partial charge in [0.2, 0.25) is 5.91 Å².